The first-order chi connectivity index (χ1) is 15.0. The van der Waals surface area contributed by atoms with Gasteiger partial charge in [0, 0.05) is 34.8 Å². The van der Waals surface area contributed by atoms with Gasteiger partial charge in [0.1, 0.15) is 0 Å². The second kappa shape index (κ2) is 9.11. The standard InChI is InChI=1S/C27H26N2O2/c1-18-8-10-20(11-9-18)14-15-28-26(21-6-4-3-5-7-21)27(31)24-17-29-25-16-22(19(2)30)12-13-23(24)25/h3-13,16-17,26,28-29H,14-15H2,1-2H3/t26-/m1/s1. The van der Waals surface area contributed by atoms with E-state index in [9.17, 15) is 9.59 Å². The molecule has 4 rings (SSSR count). The molecule has 156 valence electrons. The monoisotopic (exact) mass is 410 g/mol. The third-order valence-corrected chi connectivity index (χ3v) is 5.63. The number of benzene rings is 3. The van der Waals surface area contributed by atoms with E-state index in [1.165, 1.54) is 11.1 Å². The van der Waals surface area contributed by atoms with Crippen molar-refractivity contribution in [3.63, 3.8) is 0 Å². The van der Waals surface area contributed by atoms with Gasteiger partial charge in [-0.25, -0.2) is 0 Å². The van der Waals surface area contributed by atoms with Crippen LogP contribution in [0.15, 0.2) is 79.0 Å². The molecule has 1 atom stereocenters. The van der Waals surface area contributed by atoms with Gasteiger partial charge in [0.15, 0.2) is 11.6 Å². The SMILES string of the molecule is CC(=O)c1ccc2c(C(=O)[C@H](NCCc3ccc(C)cc3)c3ccccc3)c[nH]c2c1. The van der Waals surface area contributed by atoms with Crippen molar-refractivity contribution in [1.29, 1.82) is 0 Å². The van der Waals surface area contributed by atoms with E-state index in [2.05, 4.69) is 41.5 Å². The Labute approximate surface area is 182 Å². The summed E-state index contributed by atoms with van der Waals surface area (Å²) in [6, 6.07) is 23.3. The minimum atomic E-state index is -0.446. The van der Waals surface area contributed by atoms with Crippen LogP contribution in [-0.4, -0.2) is 23.1 Å². The highest BCUT2D eigenvalue weighted by molar-refractivity contribution is 6.11. The molecule has 0 unspecified atom stereocenters. The maximum absolute atomic E-state index is 13.6. The third kappa shape index (κ3) is 4.65. The van der Waals surface area contributed by atoms with Gasteiger partial charge in [-0.2, -0.15) is 0 Å². The molecule has 0 aliphatic carbocycles. The summed E-state index contributed by atoms with van der Waals surface area (Å²) in [7, 11) is 0. The maximum Gasteiger partial charge on any atom is 0.186 e. The molecule has 1 heterocycles. The summed E-state index contributed by atoms with van der Waals surface area (Å²) in [5.74, 6) is 0.0150. The number of H-pyrrole nitrogens is 1. The Morgan fingerprint density at radius 3 is 2.42 bits per heavy atom. The number of carbonyl (C=O) groups excluding carboxylic acids is 2. The first-order valence-electron chi connectivity index (χ1n) is 10.5. The van der Waals surface area contributed by atoms with Crippen LogP contribution >= 0.6 is 0 Å². The number of aryl methyl sites for hydroxylation is 1. The number of hydrogen-bond acceptors (Lipinski definition) is 3. The fourth-order valence-electron chi connectivity index (χ4n) is 3.83. The minimum Gasteiger partial charge on any atom is -0.360 e. The van der Waals surface area contributed by atoms with Gasteiger partial charge in [-0.15, -0.1) is 0 Å². The molecule has 2 N–H and O–H groups in total. The lowest BCUT2D eigenvalue weighted by atomic mass is 9.96. The highest BCUT2D eigenvalue weighted by atomic mass is 16.1. The molecule has 0 fully saturated rings. The Kier molecular flexibility index (Phi) is 6.10. The van der Waals surface area contributed by atoms with Crippen LogP contribution in [0.5, 0.6) is 0 Å². The molecular formula is C27H26N2O2. The molecule has 0 amide bonds. The van der Waals surface area contributed by atoms with Crippen molar-refractivity contribution in [2.24, 2.45) is 0 Å². The van der Waals surface area contributed by atoms with Gasteiger partial charge in [0.05, 0.1) is 6.04 Å². The van der Waals surface area contributed by atoms with E-state index < -0.39 is 6.04 Å². The molecule has 1 aromatic heterocycles. The highest BCUT2D eigenvalue weighted by Crippen LogP contribution is 2.26. The van der Waals surface area contributed by atoms with Gasteiger partial charge in [0.2, 0.25) is 0 Å². The maximum atomic E-state index is 13.6. The van der Waals surface area contributed by atoms with Crippen molar-refractivity contribution in [1.82, 2.24) is 10.3 Å². The molecule has 4 nitrogen and oxygen atoms in total. The second-order valence-corrected chi connectivity index (χ2v) is 7.92. The lowest BCUT2D eigenvalue weighted by Crippen LogP contribution is -2.30. The van der Waals surface area contributed by atoms with Crippen LogP contribution in [0.4, 0.5) is 0 Å². The van der Waals surface area contributed by atoms with Crippen LogP contribution in [0.2, 0.25) is 0 Å². The van der Waals surface area contributed by atoms with E-state index in [1.54, 1.807) is 25.3 Å². The molecule has 4 aromatic rings. The Bertz CT molecular complexity index is 1210. The number of carbonyl (C=O) groups is 2. The Morgan fingerprint density at radius 1 is 0.968 bits per heavy atom. The van der Waals surface area contributed by atoms with E-state index in [-0.39, 0.29) is 11.6 Å². The summed E-state index contributed by atoms with van der Waals surface area (Å²) in [5.41, 5.74) is 5.46. The van der Waals surface area contributed by atoms with E-state index in [1.807, 2.05) is 36.4 Å². The second-order valence-electron chi connectivity index (χ2n) is 7.92. The van der Waals surface area contributed by atoms with Crippen LogP contribution in [-0.2, 0) is 6.42 Å². The summed E-state index contributed by atoms with van der Waals surface area (Å²) in [4.78, 5) is 28.4. The van der Waals surface area contributed by atoms with Gasteiger partial charge in [-0.3, -0.25) is 9.59 Å². The lowest BCUT2D eigenvalue weighted by Gasteiger charge is -2.18. The Balaban J connectivity index is 1.59. The predicted octanol–water partition coefficient (Wildman–Crippen LogP) is 5.44. The van der Waals surface area contributed by atoms with Crippen molar-refractivity contribution in [3.8, 4) is 0 Å². The number of fused-ring (bicyclic) bond motifs is 1. The third-order valence-electron chi connectivity index (χ3n) is 5.63. The number of hydrogen-bond donors (Lipinski definition) is 2. The van der Waals surface area contributed by atoms with Crippen molar-refractivity contribution in [2.45, 2.75) is 26.3 Å². The van der Waals surface area contributed by atoms with Gasteiger partial charge in [0.25, 0.3) is 0 Å². The van der Waals surface area contributed by atoms with Crippen molar-refractivity contribution < 1.29 is 9.59 Å². The fourth-order valence-corrected chi connectivity index (χ4v) is 3.83. The molecule has 0 aliphatic heterocycles. The molecule has 0 saturated heterocycles. The zero-order valence-electron chi connectivity index (χ0n) is 17.8. The minimum absolute atomic E-state index is 0.00399. The molecule has 0 spiro atoms. The van der Waals surface area contributed by atoms with Crippen molar-refractivity contribution >= 4 is 22.5 Å². The number of aromatic nitrogens is 1. The van der Waals surface area contributed by atoms with E-state index in [0.717, 1.165) is 22.9 Å². The average Bonchev–Trinajstić information content (AvgIpc) is 3.21. The lowest BCUT2D eigenvalue weighted by molar-refractivity contribution is 0.0944. The zero-order chi connectivity index (χ0) is 21.8. The van der Waals surface area contributed by atoms with Crippen LogP contribution in [0.3, 0.4) is 0 Å². The van der Waals surface area contributed by atoms with Crippen LogP contribution in [0.1, 0.15) is 50.4 Å². The van der Waals surface area contributed by atoms with Gasteiger partial charge < -0.3 is 10.3 Å². The van der Waals surface area contributed by atoms with Crippen LogP contribution in [0.25, 0.3) is 10.9 Å². The summed E-state index contributed by atoms with van der Waals surface area (Å²) in [5, 5.41) is 4.29. The smallest absolute Gasteiger partial charge is 0.186 e. The topological polar surface area (TPSA) is 62.0 Å². The van der Waals surface area contributed by atoms with Crippen LogP contribution < -0.4 is 5.32 Å². The number of Topliss-reactive ketones (excluding diaryl/α,β-unsaturated/α-hetero) is 2. The molecule has 0 saturated carbocycles. The average molecular weight is 411 g/mol. The zero-order valence-corrected chi connectivity index (χ0v) is 17.8. The Hall–Kier alpha value is -3.50. The molecule has 4 heteroatoms. The number of rotatable bonds is 8. The Morgan fingerprint density at radius 2 is 1.71 bits per heavy atom. The predicted molar refractivity (Wildman–Crippen MR) is 125 cm³/mol. The first kappa shape index (κ1) is 20.8. The van der Waals surface area contributed by atoms with Crippen LogP contribution in [0, 0.1) is 6.92 Å². The fraction of sp³-hybridized carbons (Fsp3) is 0.185. The largest absolute Gasteiger partial charge is 0.360 e. The van der Waals surface area contributed by atoms with E-state index in [4.69, 9.17) is 0 Å². The molecule has 0 radical (unpaired) electrons. The summed E-state index contributed by atoms with van der Waals surface area (Å²) in [6.45, 7) is 4.30. The molecule has 0 aliphatic rings. The summed E-state index contributed by atoms with van der Waals surface area (Å²) in [6.07, 6.45) is 2.58. The van der Waals surface area contributed by atoms with Crippen molar-refractivity contribution in [2.75, 3.05) is 6.54 Å². The van der Waals surface area contributed by atoms with Gasteiger partial charge in [-0.05, 0) is 37.5 Å². The van der Waals surface area contributed by atoms with Gasteiger partial charge >= 0.3 is 0 Å². The summed E-state index contributed by atoms with van der Waals surface area (Å²) < 4.78 is 0. The van der Waals surface area contributed by atoms with Gasteiger partial charge in [-0.1, -0.05) is 72.3 Å². The van der Waals surface area contributed by atoms with E-state index in [0.29, 0.717) is 17.7 Å². The normalized spacial score (nSPS) is 12.1. The number of ketones is 2. The highest BCUT2D eigenvalue weighted by Gasteiger charge is 2.24. The molecule has 3 aromatic carbocycles. The molecular weight excluding hydrogens is 384 g/mol. The first-order valence-corrected chi connectivity index (χ1v) is 10.5. The van der Waals surface area contributed by atoms with Crippen molar-refractivity contribution in [3.05, 3.63) is 107 Å². The number of nitrogens with one attached hydrogen (secondary N) is 2. The summed E-state index contributed by atoms with van der Waals surface area (Å²) >= 11 is 0. The quantitative estimate of drug-likeness (QED) is 0.381. The molecule has 0 bridgehead atoms. The van der Waals surface area contributed by atoms with E-state index >= 15 is 0 Å². The molecule has 31 heavy (non-hydrogen) atoms. The number of aromatic amines is 1.